The summed E-state index contributed by atoms with van der Waals surface area (Å²) in [5.74, 6) is 0. The number of hydrogen-bond donors (Lipinski definition) is 1. The van der Waals surface area contributed by atoms with Gasteiger partial charge in [0.05, 0.1) is 33.7 Å². The van der Waals surface area contributed by atoms with Crippen molar-refractivity contribution in [1.82, 2.24) is 9.78 Å². The van der Waals surface area contributed by atoms with Gasteiger partial charge in [-0.1, -0.05) is 12.8 Å². The predicted molar refractivity (Wildman–Crippen MR) is 91.8 cm³/mol. The lowest BCUT2D eigenvalue weighted by Gasteiger charge is -2.11. The van der Waals surface area contributed by atoms with Gasteiger partial charge in [-0.25, -0.2) is 0 Å². The molecule has 0 bridgehead atoms. The molecule has 0 atom stereocenters. The zero-order valence-corrected chi connectivity index (χ0v) is 14.5. The van der Waals surface area contributed by atoms with Crippen LogP contribution in [0.15, 0.2) is 24.4 Å². The summed E-state index contributed by atoms with van der Waals surface area (Å²) in [6, 6.07) is 2.50. The molecule has 0 aliphatic heterocycles. The molecule has 1 aromatic heterocycles. The van der Waals surface area contributed by atoms with Crippen LogP contribution in [0.25, 0.3) is 0 Å². The van der Waals surface area contributed by atoms with Gasteiger partial charge >= 0.3 is 6.18 Å². The third-order valence-electron chi connectivity index (χ3n) is 4.63. The normalized spacial score (nSPS) is 15.0. The maximum Gasteiger partial charge on any atom is 0.416 e. The van der Waals surface area contributed by atoms with Crippen molar-refractivity contribution >= 4 is 17.1 Å². The summed E-state index contributed by atoms with van der Waals surface area (Å²) >= 11 is 0. The molecule has 1 aliphatic rings. The Labute approximate surface area is 156 Å². The fraction of sp³-hybridized carbons (Fsp3) is 0.438. The van der Waals surface area contributed by atoms with Gasteiger partial charge in [0.2, 0.25) is 0 Å². The molecule has 0 radical (unpaired) electrons. The van der Waals surface area contributed by atoms with Crippen LogP contribution in [-0.4, -0.2) is 19.6 Å². The highest BCUT2D eigenvalue weighted by Gasteiger charge is 2.37. The SMILES string of the molecule is O=[N+]([O-])c1cc(C(F)(F)F)cc([N+](=O)[O-])c1NCc1ccn(C2CCCC2)n1. The van der Waals surface area contributed by atoms with Crippen LogP contribution in [0.3, 0.4) is 0 Å². The molecule has 1 heterocycles. The molecule has 2 aromatic rings. The Morgan fingerprint density at radius 1 is 1.14 bits per heavy atom. The zero-order chi connectivity index (χ0) is 20.5. The van der Waals surface area contributed by atoms with Crippen molar-refractivity contribution in [3.63, 3.8) is 0 Å². The van der Waals surface area contributed by atoms with E-state index in [1.165, 1.54) is 0 Å². The van der Waals surface area contributed by atoms with E-state index in [-0.39, 0.29) is 24.7 Å². The average Bonchev–Trinajstić information content (AvgIpc) is 3.29. The monoisotopic (exact) mass is 399 g/mol. The summed E-state index contributed by atoms with van der Waals surface area (Å²) in [5.41, 5.74) is -3.61. The Balaban J connectivity index is 1.90. The van der Waals surface area contributed by atoms with E-state index in [0.717, 1.165) is 25.7 Å². The number of anilines is 1. The topological polar surface area (TPSA) is 116 Å². The van der Waals surface area contributed by atoms with Gasteiger partial charge < -0.3 is 5.32 Å². The molecule has 3 rings (SSSR count). The van der Waals surface area contributed by atoms with E-state index in [4.69, 9.17) is 0 Å². The van der Waals surface area contributed by atoms with Crippen molar-refractivity contribution in [2.75, 3.05) is 5.32 Å². The van der Waals surface area contributed by atoms with Crippen LogP contribution in [0.2, 0.25) is 0 Å². The predicted octanol–water partition coefficient (Wildman–Crippen LogP) is 4.45. The maximum atomic E-state index is 12.9. The number of nitro groups is 2. The number of halogens is 3. The standard InChI is InChI=1S/C16H16F3N5O4/c17-16(18,19)10-7-13(23(25)26)15(14(8-10)24(27)28)20-9-11-5-6-22(21-11)12-3-1-2-4-12/h5-8,12,20H,1-4,9H2. The fourth-order valence-corrected chi connectivity index (χ4v) is 3.27. The highest BCUT2D eigenvalue weighted by molar-refractivity contribution is 5.75. The number of rotatable bonds is 6. The second kappa shape index (κ2) is 7.44. The Morgan fingerprint density at radius 3 is 2.21 bits per heavy atom. The van der Waals surface area contributed by atoms with Gasteiger partial charge in [0.25, 0.3) is 11.4 Å². The molecule has 9 nitrogen and oxygen atoms in total. The van der Waals surface area contributed by atoms with Crippen molar-refractivity contribution in [2.24, 2.45) is 0 Å². The van der Waals surface area contributed by atoms with Crippen LogP contribution < -0.4 is 5.32 Å². The summed E-state index contributed by atoms with van der Waals surface area (Å²) in [4.78, 5) is 20.3. The number of aromatic nitrogens is 2. The molecule has 1 fully saturated rings. The lowest BCUT2D eigenvalue weighted by molar-refractivity contribution is -0.392. The molecule has 1 saturated carbocycles. The lowest BCUT2D eigenvalue weighted by atomic mass is 10.1. The van der Waals surface area contributed by atoms with E-state index in [2.05, 4.69) is 10.4 Å². The summed E-state index contributed by atoms with van der Waals surface area (Å²) in [6.07, 6.45) is 0.982. The first-order chi connectivity index (χ1) is 13.2. The Morgan fingerprint density at radius 2 is 1.71 bits per heavy atom. The van der Waals surface area contributed by atoms with Gasteiger partial charge in [0, 0.05) is 18.3 Å². The van der Waals surface area contributed by atoms with Gasteiger partial charge in [-0.15, -0.1) is 0 Å². The van der Waals surface area contributed by atoms with Crippen molar-refractivity contribution < 1.29 is 23.0 Å². The Bertz CT molecular complexity index is 871. The molecule has 28 heavy (non-hydrogen) atoms. The molecule has 1 aromatic carbocycles. The highest BCUT2D eigenvalue weighted by Crippen LogP contribution is 2.41. The smallest absolute Gasteiger partial charge is 0.368 e. The van der Waals surface area contributed by atoms with Gasteiger partial charge in [0.15, 0.2) is 5.69 Å². The Hall–Kier alpha value is -3.18. The zero-order valence-electron chi connectivity index (χ0n) is 14.5. The molecule has 0 unspecified atom stereocenters. The highest BCUT2D eigenvalue weighted by atomic mass is 19.4. The molecule has 0 amide bonds. The van der Waals surface area contributed by atoms with E-state index in [0.29, 0.717) is 5.69 Å². The van der Waals surface area contributed by atoms with Crippen molar-refractivity contribution in [3.05, 3.63) is 55.9 Å². The van der Waals surface area contributed by atoms with Crippen molar-refractivity contribution in [3.8, 4) is 0 Å². The van der Waals surface area contributed by atoms with Crippen molar-refractivity contribution in [1.29, 1.82) is 0 Å². The van der Waals surface area contributed by atoms with Crippen LogP contribution in [-0.2, 0) is 12.7 Å². The van der Waals surface area contributed by atoms with Crippen LogP contribution in [0.1, 0.15) is 43.0 Å². The maximum absolute atomic E-state index is 12.9. The van der Waals surface area contributed by atoms with Gasteiger partial charge in [-0.2, -0.15) is 18.3 Å². The minimum Gasteiger partial charge on any atom is -0.368 e. The second-order valence-electron chi connectivity index (χ2n) is 6.48. The van der Waals surface area contributed by atoms with Crippen LogP contribution in [0.4, 0.5) is 30.2 Å². The van der Waals surface area contributed by atoms with Crippen molar-refractivity contribution in [2.45, 2.75) is 44.4 Å². The van der Waals surface area contributed by atoms with Gasteiger partial charge in [-0.05, 0) is 18.9 Å². The van der Waals surface area contributed by atoms with Crippen LogP contribution >= 0.6 is 0 Å². The van der Waals surface area contributed by atoms with Crippen LogP contribution in [0.5, 0.6) is 0 Å². The molecule has 1 N–H and O–H groups in total. The number of hydrogen-bond acceptors (Lipinski definition) is 6. The summed E-state index contributed by atoms with van der Waals surface area (Å²) in [7, 11) is 0. The van der Waals surface area contributed by atoms with E-state index >= 15 is 0 Å². The minimum atomic E-state index is -4.95. The van der Waals surface area contributed by atoms with E-state index < -0.39 is 38.6 Å². The van der Waals surface area contributed by atoms with Gasteiger partial charge in [0.1, 0.15) is 0 Å². The first-order valence-corrected chi connectivity index (χ1v) is 8.48. The quantitative estimate of drug-likeness (QED) is 0.567. The van der Waals surface area contributed by atoms with Gasteiger partial charge in [-0.3, -0.25) is 24.9 Å². The molecular weight excluding hydrogens is 383 g/mol. The largest absolute Gasteiger partial charge is 0.416 e. The molecule has 150 valence electrons. The van der Waals surface area contributed by atoms with E-state index in [1.54, 1.807) is 16.9 Å². The molecule has 0 saturated heterocycles. The Kier molecular flexibility index (Phi) is 5.21. The number of benzene rings is 1. The summed E-state index contributed by atoms with van der Waals surface area (Å²) < 4.78 is 40.6. The molecule has 0 spiro atoms. The minimum absolute atomic E-state index is 0.104. The fourth-order valence-electron chi connectivity index (χ4n) is 3.27. The number of nitro benzene ring substituents is 2. The molecular formula is C16H16F3N5O4. The average molecular weight is 399 g/mol. The summed E-state index contributed by atoms with van der Waals surface area (Å²) in [5, 5.41) is 29.3. The number of nitrogens with zero attached hydrogens (tertiary/aromatic N) is 4. The van der Waals surface area contributed by atoms with Crippen LogP contribution in [0, 0.1) is 20.2 Å². The summed E-state index contributed by atoms with van der Waals surface area (Å²) in [6.45, 7) is -0.104. The first-order valence-electron chi connectivity index (χ1n) is 8.48. The first kappa shape index (κ1) is 19.6. The molecule has 1 aliphatic carbocycles. The number of nitrogens with one attached hydrogen (secondary N) is 1. The second-order valence-corrected chi connectivity index (χ2v) is 6.48. The third-order valence-corrected chi connectivity index (χ3v) is 4.63. The number of alkyl halides is 3. The van der Waals surface area contributed by atoms with E-state index in [9.17, 15) is 33.4 Å². The van der Waals surface area contributed by atoms with E-state index in [1.807, 2.05) is 0 Å². The third kappa shape index (κ3) is 4.05. The lowest BCUT2D eigenvalue weighted by Crippen LogP contribution is -2.11. The molecule has 12 heteroatoms.